The number of nitrogens with one attached hydrogen (secondary N) is 2. The molecule has 2 N–H and O–H groups in total. The normalized spacial score (nSPS) is 10.9. The Balaban J connectivity index is 0.000000240. The van der Waals surface area contributed by atoms with E-state index in [1.54, 1.807) is 24.3 Å². The average molecular weight is 506 g/mol. The van der Waals surface area contributed by atoms with Crippen LogP contribution >= 0.6 is 0 Å². The molecule has 0 unspecified atom stereocenters. The standard InChI is InChI=1S/2C14H13N2O.Fe/c2*1-11(12-7-5-6-8-12)15-16-14(17)13-9-3-2-4-10-13;/h2*2-10H,1H3,(H,16,17);/q2*-1;+2. The van der Waals surface area contributed by atoms with Crippen molar-refractivity contribution in [2.24, 2.45) is 10.2 Å². The minimum absolute atomic E-state index is 0. The van der Waals surface area contributed by atoms with Gasteiger partial charge < -0.3 is 0 Å². The second-order valence-electron chi connectivity index (χ2n) is 7.36. The Hall–Kier alpha value is -4.06. The van der Waals surface area contributed by atoms with Gasteiger partial charge in [0, 0.05) is 11.1 Å². The summed E-state index contributed by atoms with van der Waals surface area (Å²) in [5.41, 5.74) is 9.89. The maximum absolute atomic E-state index is 11.7. The Morgan fingerprint density at radius 1 is 0.600 bits per heavy atom. The van der Waals surface area contributed by atoms with Gasteiger partial charge in [0.25, 0.3) is 11.8 Å². The Kier molecular flexibility index (Phi) is 11.1. The summed E-state index contributed by atoms with van der Waals surface area (Å²) >= 11 is 0. The number of hydrogen-bond donors (Lipinski definition) is 2. The summed E-state index contributed by atoms with van der Waals surface area (Å²) < 4.78 is 0. The van der Waals surface area contributed by atoms with Crippen molar-refractivity contribution in [1.82, 2.24) is 10.9 Å². The number of carbonyl (C=O) groups excluding carboxylic acids is 2. The number of hydrogen-bond acceptors (Lipinski definition) is 4. The van der Waals surface area contributed by atoms with Gasteiger partial charge in [-0.15, -0.1) is 23.3 Å². The van der Waals surface area contributed by atoms with Crippen molar-refractivity contribution in [3.63, 3.8) is 0 Å². The predicted octanol–water partition coefficient (Wildman–Crippen LogP) is 5.12. The van der Waals surface area contributed by atoms with E-state index in [4.69, 9.17) is 0 Å². The van der Waals surface area contributed by atoms with Crippen LogP contribution in [0.5, 0.6) is 0 Å². The van der Waals surface area contributed by atoms with Crippen LogP contribution in [0.4, 0.5) is 0 Å². The van der Waals surface area contributed by atoms with E-state index in [0.717, 1.165) is 22.6 Å². The number of amides is 2. The Bertz CT molecular complexity index is 1130. The van der Waals surface area contributed by atoms with Crippen molar-refractivity contribution in [3.8, 4) is 0 Å². The minimum atomic E-state index is -0.198. The van der Waals surface area contributed by atoms with E-state index in [1.807, 2.05) is 98.8 Å². The quantitative estimate of drug-likeness (QED) is 0.165. The van der Waals surface area contributed by atoms with Crippen molar-refractivity contribution in [2.45, 2.75) is 13.8 Å². The van der Waals surface area contributed by atoms with Crippen LogP contribution < -0.4 is 10.9 Å². The number of hydrazone groups is 2. The molecule has 0 aliphatic rings. The number of benzene rings is 2. The van der Waals surface area contributed by atoms with Crippen molar-refractivity contribution < 1.29 is 26.7 Å². The van der Waals surface area contributed by atoms with E-state index < -0.39 is 0 Å². The summed E-state index contributed by atoms with van der Waals surface area (Å²) in [6.45, 7) is 3.72. The summed E-state index contributed by atoms with van der Waals surface area (Å²) in [7, 11) is 0. The first-order valence-electron chi connectivity index (χ1n) is 10.8. The molecule has 2 amide bonds. The largest absolute Gasteiger partial charge is 2.00 e. The molecule has 0 saturated carbocycles. The van der Waals surface area contributed by atoms with Crippen molar-refractivity contribution in [2.75, 3.05) is 0 Å². The topological polar surface area (TPSA) is 82.9 Å². The van der Waals surface area contributed by atoms with Crippen LogP contribution in [0.3, 0.4) is 0 Å². The molecule has 0 saturated heterocycles. The second-order valence-corrected chi connectivity index (χ2v) is 7.36. The first kappa shape index (κ1) is 27.2. The third-order valence-corrected chi connectivity index (χ3v) is 4.88. The summed E-state index contributed by atoms with van der Waals surface area (Å²) in [5.74, 6) is -0.395. The van der Waals surface area contributed by atoms with E-state index in [0.29, 0.717) is 11.1 Å². The van der Waals surface area contributed by atoms with Crippen LogP contribution in [-0.4, -0.2) is 23.2 Å². The fourth-order valence-electron chi connectivity index (χ4n) is 2.94. The van der Waals surface area contributed by atoms with Gasteiger partial charge in [-0.3, -0.25) is 20.4 Å². The molecule has 0 bridgehead atoms. The first-order valence-corrected chi connectivity index (χ1v) is 10.8. The number of nitrogens with zero attached hydrogens (tertiary/aromatic N) is 2. The molecule has 0 aliphatic carbocycles. The molecule has 0 atom stereocenters. The molecule has 35 heavy (non-hydrogen) atoms. The predicted molar refractivity (Wildman–Crippen MR) is 136 cm³/mol. The van der Waals surface area contributed by atoms with Gasteiger partial charge in [0.2, 0.25) is 0 Å². The molecular weight excluding hydrogens is 480 g/mol. The molecule has 6 nitrogen and oxygen atoms in total. The van der Waals surface area contributed by atoms with Gasteiger partial charge in [0.05, 0.1) is 0 Å². The smallest absolute Gasteiger partial charge is 0.267 e. The molecule has 0 aliphatic heterocycles. The summed E-state index contributed by atoms with van der Waals surface area (Å²) in [5, 5.41) is 8.12. The van der Waals surface area contributed by atoms with Crippen LogP contribution in [-0.2, 0) is 17.1 Å². The van der Waals surface area contributed by atoms with Gasteiger partial charge in [0.1, 0.15) is 0 Å². The maximum atomic E-state index is 11.7. The Labute approximate surface area is 216 Å². The Morgan fingerprint density at radius 2 is 0.971 bits per heavy atom. The van der Waals surface area contributed by atoms with Crippen molar-refractivity contribution >= 4 is 23.2 Å². The van der Waals surface area contributed by atoms with Crippen LogP contribution in [0.2, 0.25) is 0 Å². The van der Waals surface area contributed by atoms with Crippen LogP contribution in [0.1, 0.15) is 45.7 Å². The zero-order chi connectivity index (χ0) is 24.2. The molecule has 7 heteroatoms. The SMILES string of the molecule is CC(=NNC(=O)c1ccccc1)c1ccc[cH-]1.CC(=NNC(=O)c1ccccc1)c1ccc[cH-]1.[Fe+2]. The molecule has 0 radical (unpaired) electrons. The fourth-order valence-corrected chi connectivity index (χ4v) is 2.94. The molecule has 0 spiro atoms. The first-order chi connectivity index (χ1) is 16.5. The molecule has 4 aromatic rings. The third-order valence-electron chi connectivity index (χ3n) is 4.88. The van der Waals surface area contributed by atoms with Gasteiger partial charge in [-0.05, 0) is 35.7 Å². The van der Waals surface area contributed by atoms with E-state index in [2.05, 4.69) is 21.1 Å². The Morgan fingerprint density at radius 3 is 1.29 bits per heavy atom. The average Bonchev–Trinajstić information content (AvgIpc) is 3.62. The molecule has 4 aromatic carbocycles. The van der Waals surface area contributed by atoms with E-state index in [-0.39, 0.29) is 28.9 Å². The molecule has 0 heterocycles. The minimum Gasteiger partial charge on any atom is -0.267 e. The van der Waals surface area contributed by atoms with Gasteiger partial charge in [0.15, 0.2) is 0 Å². The van der Waals surface area contributed by atoms with Gasteiger partial charge >= 0.3 is 17.1 Å². The second kappa shape index (κ2) is 14.3. The fraction of sp³-hybridized carbons (Fsp3) is 0.0714. The van der Waals surface area contributed by atoms with Crippen molar-refractivity contribution in [3.05, 3.63) is 131 Å². The maximum Gasteiger partial charge on any atom is 2.00 e. The number of carbonyl (C=O) groups is 2. The van der Waals surface area contributed by atoms with Gasteiger partial charge in [-0.25, -0.2) is 10.2 Å². The molecule has 0 aromatic heterocycles. The van der Waals surface area contributed by atoms with Crippen molar-refractivity contribution in [1.29, 1.82) is 0 Å². The number of rotatable bonds is 6. The molecule has 4 rings (SSSR count). The summed E-state index contributed by atoms with van der Waals surface area (Å²) in [4.78, 5) is 23.4. The monoisotopic (exact) mass is 506 g/mol. The summed E-state index contributed by atoms with van der Waals surface area (Å²) in [6, 6.07) is 33.6. The summed E-state index contributed by atoms with van der Waals surface area (Å²) in [6.07, 6.45) is 0. The van der Waals surface area contributed by atoms with E-state index >= 15 is 0 Å². The third kappa shape index (κ3) is 8.66. The van der Waals surface area contributed by atoms with Gasteiger partial charge in [-0.2, -0.15) is 36.4 Å². The van der Waals surface area contributed by atoms with Crippen LogP contribution in [0.25, 0.3) is 0 Å². The van der Waals surface area contributed by atoms with Crippen LogP contribution in [0, 0.1) is 0 Å². The van der Waals surface area contributed by atoms with Gasteiger partial charge in [-0.1, -0.05) is 50.2 Å². The van der Waals surface area contributed by atoms with E-state index in [1.165, 1.54) is 0 Å². The van der Waals surface area contributed by atoms with Crippen LogP contribution in [0.15, 0.2) is 119 Å². The molecular formula is C28H26FeN4O2. The van der Waals surface area contributed by atoms with E-state index in [9.17, 15) is 9.59 Å². The molecule has 0 fully saturated rings. The molecule has 178 valence electrons. The zero-order valence-electron chi connectivity index (χ0n) is 19.5. The zero-order valence-corrected chi connectivity index (χ0v) is 20.6.